The highest BCUT2D eigenvalue weighted by Crippen LogP contribution is 2.34. The molecule has 1 fully saturated rings. The molecule has 0 radical (unpaired) electrons. The molecule has 188 valence electrons. The minimum atomic E-state index is -0.238. The van der Waals surface area contributed by atoms with E-state index in [2.05, 4.69) is 5.32 Å². The van der Waals surface area contributed by atoms with Crippen molar-refractivity contribution in [2.45, 2.75) is 26.7 Å². The molecule has 10 heteroatoms. The fourth-order valence-electron chi connectivity index (χ4n) is 3.92. The number of aromatic nitrogens is 2. The van der Waals surface area contributed by atoms with Crippen LogP contribution in [0.4, 0.5) is 5.82 Å². The monoisotopic (exact) mass is 524 g/mol. The summed E-state index contributed by atoms with van der Waals surface area (Å²) in [5.41, 5.74) is 2.57. The van der Waals surface area contributed by atoms with Gasteiger partial charge in [-0.15, -0.1) is 0 Å². The summed E-state index contributed by atoms with van der Waals surface area (Å²) in [5, 5.41) is 3.24. The van der Waals surface area contributed by atoms with Gasteiger partial charge in [-0.3, -0.25) is 18.9 Å². The Morgan fingerprint density at radius 2 is 1.94 bits per heavy atom. The minimum absolute atomic E-state index is 0.222. The van der Waals surface area contributed by atoms with Crippen LogP contribution in [0.25, 0.3) is 11.7 Å². The first-order valence-corrected chi connectivity index (χ1v) is 12.8. The van der Waals surface area contributed by atoms with Gasteiger partial charge in [0.1, 0.15) is 15.8 Å². The summed E-state index contributed by atoms with van der Waals surface area (Å²) < 4.78 is 12.6. The quantitative estimate of drug-likeness (QED) is 0.328. The molecule has 0 bridgehead atoms. The van der Waals surface area contributed by atoms with Crippen LogP contribution in [0.15, 0.2) is 46.2 Å². The number of ether oxygens (including phenoxy) is 2. The molecule has 8 nitrogen and oxygen atoms in total. The number of benzene rings is 1. The van der Waals surface area contributed by atoms with Crippen molar-refractivity contribution in [2.24, 2.45) is 0 Å². The van der Waals surface area contributed by atoms with Crippen LogP contribution in [0.2, 0.25) is 0 Å². The number of rotatable bonds is 9. The summed E-state index contributed by atoms with van der Waals surface area (Å²) in [4.78, 5) is 33.3. The molecule has 1 aliphatic rings. The smallest absolute Gasteiger partial charge is 0.267 e. The highest BCUT2D eigenvalue weighted by Gasteiger charge is 2.32. The summed E-state index contributed by atoms with van der Waals surface area (Å²) >= 11 is 6.71. The Morgan fingerprint density at radius 1 is 1.17 bits per heavy atom. The molecule has 0 atom stereocenters. The number of hydrogen-bond donors (Lipinski definition) is 1. The largest absolute Gasteiger partial charge is 0.493 e. The van der Waals surface area contributed by atoms with Crippen molar-refractivity contribution in [3.63, 3.8) is 0 Å². The Bertz CT molecular complexity index is 1420. The number of hydrogen-bond acceptors (Lipinski definition) is 8. The van der Waals surface area contributed by atoms with Crippen molar-refractivity contribution >= 4 is 51.7 Å². The molecule has 0 spiro atoms. The van der Waals surface area contributed by atoms with E-state index in [1.165, 1.54) is 16.2 Å². The number of anilines is 1. The van der Waals surface area contributed by atoms with Gasteiger partial charge in [0.15, 0.2) is 11.5 Å². The van der Waals surface area contributed by atoms with Crippen LogP contribution in [-0.2, 0) is 11.2 Å². The molecule has 0 aliphatic carbocycles. The molecule has 1 saturated heterocycles. The van der Waals surface area contributed by atoms with Crippen LogP contribution in [0.1, 0.15) is 30.0 Å². The number of nitrogens with zero attached hydrogens (tertiary/aromatic N) is 3. The van der Waals surface area contributed by atoms with E-state index in [1.807, 2.05) is 44.2 Å². The average molecular weight is 525 g/mol. The van der Waals surface area contributed by atoms with Crippen LogP contribution >= 0.6 is 24.0 Å². The summed E-state index contributed by atoms with van der Waals surface area (Å²) in [6, 6.07) is 9.38. The number of aryl methyl sites for hydroxylation is 1. The molecule has 1 aromatic carbocycles. The molecule has 0 unspecified atom stereocenters. The lowest BCUT2D eigenvalue weighted by atomic mass is 10.1. The average Bonchev–Trinajstić information content (AvgIpc) is 3.15. The molecule has 3 aromatic rings. The van der Waals surface area contributed by atoms with Crippen LogP contribution in [0.3, 0.4) is 0 Å². The van der Waals surface area contributed by atoms with Gasteiger partial charge < -0.3 is 14.8 Å². The maximum Gasteiger partial charge on any atom is 0.267 e. The third-order valence-corrected chi connectivity index (χ3v) is 7.23. The van der Waals surface area contributed by atoms with Crippen molar-refractivity contribution in [2.75, 3.05) is 32.6 Å². The summed E-state index contributed by atoms with van der Waals surface area (Å²) in [5.74, 6) is 1.52. The van der Waals surface area contributed by atoms with E-state index >= 15 is 0 Å². The predicted octanol–water partition coefficient (Wildman–Crippen LogP) is 4.29. The topological polar surface area (TPSA) is 85.2 Å². The molecule has 1 N–H and O–H groups in total. The minimum Gasteiger partial charge on any atom is -0.493 e. The van der Waals surface area contributed by atoms with Crippen molar-refractivity contribution < 1.29 is 14.3 Å². The maximum atomic E-state index is 13.4. The highest BCUT2D eigenvalue weighted by molar-refractivity contribution is 8.26. The maximum absolute atomic E-state index is 13.4. The number of amides is 1. The molecule has 3 heterocycles. The lowest BCUT2D eigenvalue weighted by Crippen LogP contribution is -2.30. The van der Waals surface area contributed by atoms with Crippen molar-refractivity contribution in [3.05, 3.63) is 68.5 Å². The van der Waals surface area contributed by atoms with E-state index in [9.17, 15) is 9.59 Å². The number of thiocarbonyl (C=S) groups is 1. The van der Waals surface area contributed by atoms with Crippen LogP contribution in [0, 0.1) is 6.92 Å². The molecule has 2 aromatic heterocycles. The fraction of sp³-hybridized carbons (Fsp3) is 0.308. The molecule has 1 aliphatic heterocycles. The van der Waals surface area contributed by atoms with Crippen molar-refractivity contribution in [1.29, 1.82) is 0 Å². The van der Waals surface area contributed by atoms with Gasteiger partial charge in [-0.2, -0.15) is 0 Å². The first-order valence-electron chi connectivity index (χ1n) is 11.6. The van der Waals surface area contributed by atoms with Gasteiger partial charge in [0.2, 0.25) is 0 Å². The number of nitrogens with one attached hydrogen (secondary N) is 1. The Hall–Kier alpha value is -3.37. The highest BCUT2D eigenvalue weighted by atomic mass is 32.2. The first kappa shape index (κ1) is 25.7. The predicted molar refractivity (Wildman–Crippen MR) is 148 cm³/mol. The Balaban J connectivity index is 1.62. The number of fused-ring (bicyclic) bond motifs is 1. The summed E-state index contributed by atoms with van der Waals surface area (Å²) in [6.07, 6.45) is 4.75. The van der Waals surface area contributed by atoms with E-state index in [0.29, 0.717) is 57.3 Å². The number of carbonyl (C=O) groups excluding carboxylic acids is 1. The Labute approximate surface area is 219 Å². The SMILES string of the molecule is CCCNc1nc2c(C)cccn2c(=O)c1C=C1SC(=S)N(CCc2ccc(OC)c(OC)c2)C1=O. The van der Waals surface area contributed by atoms with E-state index in [0.717, 1.165) is 17.5 Å². The lowest BCUT2D eigenvalue weighted by Gasteiger charge is -2.15. The molecular formula is C26H28N4O4S2. The van der Waals surface area contributed by atoms with Crippen molar-refractivity contribution in [3.8, 4) is 11.5 Å². The molecule has 36 heavy (non-hydrogen) atoms. The van der Waals surface area contributed by atoms with Gasteiger partial charge in [0.25, 0.3) is 11.5 Å². The third kappa shape index (κ3) is 5.10. The molecule has 0 saturated carbocycles. The third-order valence-electron chi connectivity index (χ3n) is 5.85. The number of methoxy groups -OCH3 is 2. The number of pyridine rings is 1. The number of thioether (sulfide) groups is 1. The standard InChI is InChI=1S/C26H28N4O4S2/c1-5-11-27-22-18(24(31)29-12-6-7-16(2)23(29)28-22)15-21-25(32)30(26(35)36-21)13-10-17-8-9-19(33-3)20(14-17)34-4/h6-9,12,14-15,27H,5,10-11,13H2,1-4H3. The van der Waals surface area contributed by atoms with Crippen LogP contribution < -0.4 is 20.3 Å². The normalized spacial score (nSPS) is 14.7. The lowest BCUT2D eigenvalue weighted by molar-refractivity contribution is -0.122. The van der Waals surface area contributed by atoms with Gasteiger partial charge in [-0.1, -0.05) is 43.0 Å². The van der Waals surface area contributed by atoms with E-state index in [1.54, 1.807) is 31.4 Å². The van der Waals surface area contributed by atoms with Crippen LogP contribution in [0.5, 0.6) is 11.5 Å². The zero-order valence-electron chi connectivity index (χ0n) is 20.7. The van der Waals surface area contributed by atoms with Crippen molar-refractivity contribution in [1.82, 2.24) is 14.3 Å². The van der Waals surface area contributed by atoms with Crippen LogP contribution in [-0.4, -0.2) is 51.8 Å². The molecular weight excluding hydrogens is 496 g/mol. The van der Waals surface area contributed by atoms with Gasteiger partial charge in [-0.25, -0.2) is 4.98 Å². The molecule has 1 amide bonds. The van der Waals surface area contributed by atoms with E-state index in [-0.39, 0.29) is 11.5 Å². The first-order chi connectivity index (χ1) is 17.4. The van der Waals surface area contributed by atoms with Gasteiger partial charge in [-0.05, 0) is 55.2 Å². The Morgan fingerprint density at radius 3 is 2.67 bits per heavy atom. The second-order valence-electron chi connectivity index (χ2n) is 8.26. The molecule has 4 rings (SSSR count). The van der Waals surface area contributed by atoms with Gasteiger partial charge in [0.05, 0.1) is 24.7 Å². The van der Waals surface area contributed by atoms with E-state index < -0.39 is 0 Å². The van der Waals surface area contributed by atoms with E-state index in [4.69, 9.17) is 26.7 Å². The summed E-state index contributed by atoms with van der Waals surface area (Å²) in [6.45, 7) is 5.01. The second-order valence-corrected chi connectivity index (χ2v) is 9.94. The Kier molecular flexibility index (Phi) is 7.95. The van der Waals surface area contributed by atoms with Gasteiger partial charge >= 0.3 is 0 Å². The fourth-order valence-corrected chi connectivity index (χ4v) is 5.21. The zero-order valence-corrected chi connectivity index (χ0v) is 22.3. The second kappa shape index (κ2) is 11.1. The zero-order chi connectivity index (χ0) is 25.8. The van der Waals surface area contributed by atoms with Gasteiger partial charge in [0, 0.05) is 19.3 Å². The number of carbonyl (C=O) groups is 1. The summed E-state index contributed by atoms with van der Waals surface area (Å²) in [7, 11) is 3.18.